The molecule has 3 nitrogen and oxygen atoms in total. The van der Waals surface area contributed by atoms with Crippen LogP contribution in [0.25, 0.3) is 0 Å². The van der Waals surface area contributed by atoms with E-state index >= 15 is 0 Å². The number of anilines is 2. The third kappa shape index (κ3) is 2.50. The van der Waals surface area contributed by atoms with Crippen molar-refractivity contribution < 1.29 is 4.39 Å². The summed E-state index contributed by atoms with van der Waals surface area (Å²) in [5.74, 6) is 0.950. The first-order chi connectivity index (χ1) is 9.15. The number of nitrogens with one attached hydrogen (secondary N) is 1. The summed E-state index contributed by atoms with van der Waals surface area (Å²) in [5, 5.41) is 3.16. The number of hydrogen-bond donors (Lipinski definition) is 1. The van der Waals surface area contributed by atoms with Gasteiger partial charge in [-0.05, 0) is 23.7 Å². The molecular formula is C12H8Cl2FN3S. The number of rotatable bonds is 2. The van der Waals surface area contributed by atoms with E-state index in [9.17, 15) is 4.39 Å². The highest BCUT2D eigenvalue weighted by atomic mass is 35.5. The number of hydrogen-bond acceptors (Lipinski definition) is 4. The minimum absolute atomic E-state index is 0.0643. The first-order valence-electron chi connectivity index (χ1n) is 5.55. The number of benzene rings is 1. The van der Waals surface area contributed by atoms with E-state index in [1.165, 1.54) is 6.07 Å². The lowest BCUT2D eigenvalue weighted by molar-refractivity contribution is 0.632. The summed E-state index contributed by atoms with van der Waals surface area (Å²) in [5.41, 5.74) is 1.17. The zero-order chi connectivity index (χ0) is 13.4. The second kappa shape index (κ2) is 5.15. The van der Waals surface area contributed by atoms with Crippen LogP contribution in [0.4, 0.5) is 15.9 Å². The Balaban J connectivity index is 2.02. The van der Waals surface area contributed by atoms with Crippen LogP contribution in [-0.4, -0.2) is 15.7 Å². The van der Waals surface area contributed by atoms with E-state index in [0.717, 1.165) is 22.8 Å². The van der Waals surface area contributed by atoms with Gasteiger partial charge in [0, 0.05) is 12.2 Å². The molecule has 98 valence electrons. The van der Waals surface area contributed by atoms with Gasteiger partial charge in [0.05, 0.1) is 21.3 Å². The molecule has 1 aliphatic heterocycles. The Kier molecular flexibility index (Phi) is 3.52. The molecule has 2 heterocycles. The highest BCUT2D eigenvalue weighted by Gasteiger charge is 2.20. The summed E-state index contributed by atoms with van der Waals surface area (Å²) in [4.78, 5) is 9.21. The second-order valence-electron chi connectivity index (χ2n) is 3.94. The first-order valence-corrected chi connectivity index (χ1v) is 7.29. The van der Waals surface area contributed by atoms with Crippen LogP contribution in [0.2, 0.25) is 10.3 Å². The van der Waals surface area contributed by atoms with E-state index < -0.39 is 5.82 Å². The molecule has 1 N–H and O–H groups in total. The normalized spacial score (nSPS) is 13.4. The maximum Gasteiger partial charge on any atom is 0.224 e. The minimum atomic E-state index is -0.504. The van der Waals surface area contributed by atoms with E-state index in [-0.39, 0.29) is 16.0 Å². The lowest BCUT2D eigenvalue weighted by Crippen LogP contribution is -2.01. The van der Waals surface area contributed by atoms with Gasteiger partial charge in [0.25, 0.3) is 0 Å². The van der Waals surface area contributed by atoms with Crippen molar-refractivity contribution in [1.29, 1.82) is 0 Å². The van der Waals surface area contributed by atoms with E-state index in [4.69, 9.17) is 23.2 Å². The molecule has 0 saturated heterocycles. The Morgan fingerprint density at radius 3 is 2.95 bits per heavy atom. The van der Waals surface area contributed by atoms with Crippen molar-refractivity contribution in [2.75, 3.05) is 11.1 Å². The number of halogens is 3. The van der Waals surface area contributed by atoms with Crippen LogP contribution in [0, 0.1) is 5.82 Å². The molecule has 0 unspecified atom stereocenters. The molecule has 0 radical (unpaired) electrons. The number of fused-ring (bicyclic) bond motifs is 1. The molecular weight excluding hydrogens is 308 g/mol. The van der Waals surface area contributed by atoms with Crippen molar-refractivity contribution in [3.8, 4) is 0 Å². The van der Waals surface area contributed by atoms with E-state index in [1.54, 1.807) is 23.9 Å². The molecule has 0 atom stereocenters. The molecule has 0 spiro atoms. The molecule has 0 saturated carbocycles. The quantitative estimate of drug-likeness (QED) is 0.838. The lowest BCUT2D eigenvalue weighted by Gasteiger charge is -2.11. The summed E-state index contributed by atoms with van der Waals surface area (Å²) < 4.78 is 13.9. The predicted molar refractivity (Wildman–Crippen MR) is 76.2 cm³/mol. The highest BCUT2D eigenvalue weighted by Crippen LogP contribution is 2.37. The monoisotopic (exact) mass is 315 g/mol. The molecule has 1 aliphatic rings. The topological polar surface area (TPSA) is 37.8 Å². The van der Waals surface area contributed by atoms with Gasteiger partial charge in [-0.1, -0.05) is 17.7 Å². The Hall–Kier alpha value is -1.04. The highest BCUT2D eigenvalue weighted by molar-refractivity contribution is 7.99. The van der Waals surface area contributed by atoms with Crippen LogP contribution in [0.1, 0.15) is 5.69 Å². The number of nitrogens with zero attached hydrogens (tertiary/aromatic N) is 2. The van der Waals surface area contributed by atoms with Gasteiger partial charge in [-0.15, -0.1) is 11.8 Å². The van der Waals surface area contributed by atoms with Crippen molar-refractivity contribution in [1.82, 2.24) is 9.97 Å². The third-order valence-electron chi connectivity index (χ3n) is 2.70. The molecule has 3 rings (SSSR count). The fourth-order valence-electron chi connectivity index (χ4n) is 1.85. The van der Waals surface area contributed by atoms with Crippen LogP contribution >= 0.6 is 35.0 Å². The SMILES string of the molecule is Fc1c(Cl)cccc1Nc1nc(Cl)nc2c1SCC2. The van der Waals surface area contributed by atoms with Crippen LogP contribution in [-0.2, 0) is 6.42 Å². The van der Waals surface area contributed by atoms with Crippen molar-refractivity contribution in [3.63, 3.8) is 0 Å². The molecule has 1 aromatic heterocycles. The molecule has 2 aromatic rings. The number of thioether (sulfide) groups is 1. The van der Waals surface area contributed by atoms with Gasteiger partial charge in [0.1, 0.15) is 5.82 Å². The standard InChI is InChI=1S/C12H8Cl2FN3S/c13-6-2-1-3-7(9(6)15)16-11-10-8(4-5-19-10)17-12(14)18-11/h1-3H,4-5H2,(H,16,17,18). The van der Waals surface area contributed by atoms with Gasteiger partial charge >= 0.3 is 0 Å². The number of aryl methyl sites for hydroxylation is 1. The molecule has 0 bridgehead atoms. The van der Waals surface area contributed by atoms with E-state index in [0.29, 0.717) is 5.82 Å². The molecule has 19 heavy (non-hydrogen) atoms. The van der Waals surface area contributed by atoms with E-state index in [1.807, 2.05) is 0 Å². The molecule has 0 amide bonds. The molecule has 1 aromatic carbocycles. The van der Waals surface area contributed by atoms with Crippen LogP contribution < -0.4 is 5.32 Å². The number of aromatic nitrogens is 2. The average Bonchev–Trinajstić information content (AvgIpc) is 2.83. The van der Waals surface area contributed by atoms with E-state index in [2.05, 4.69) is 15.3 Å². The average molecular weight is 316 g/mol. The molecule has 7 heteroatoms. The zero-order valence-electron chi connectivity index (χ0n) is 9.58. The van der Waals surface area contributed by atoms with Crippen LogP contribution in [0.3, 0.4) is 0 Å². The summed E-state index contributed by atoms with van der Waals surface area (Å²) in [6.45, 7) is 0. The van der Waals surface area contributed by atoms with Crippen molar-refractivity contribution in [2.45, 2.75) is 11.3 Å². The minimum Gasteiger partial charge on any atom is -0.337 e. The second-order valence-corrected chi connectivity index (χ2v) is 5.79. The Morgan fingerprint density at radius 1 is 1.26 bits per heavy atom. The van der Waals surface area contributed by atoms with Crippen molar-refractivity contribution in [3.05, 3.63) is 40.0 Å². The van der Waals surface area contributed by atoms with Gasteiger partial charge < -0.3 is 5.32 Å². The van der Waals surface area contributed by atoms with Crippen molar-refractivity contribution >= 4 is 46.5 Å². The van der Waals surface area contributed by atoms with Crippen molar-refractivity contribution in [2.24, 2.45) is 0 Å². The van der Waals surface area contributed by atoms with Crippen LogP contribution in [0.5, 0.6) is 0 Å². The van der Waals surface area contributed by atoms with Gasteiger partial charge in [-0.25, -0.2) is 9.37 Å². The summed E-state index contributed by atoms with van der Waals surface area (Å²) in [6.07, 6.45) is 0.842. The zero-order valence-corrected chi connectivity index (χ0v) is 11.9. The third-order valence-corrected chi connectivity index (χ3v) is 4.29. The fourth-order valence-corrected chi connectivity index (χ4v) is 3.26. The Morgan fingerprint density at radius 2 is 2.11 bits per heavy atom. The van der Waals surface area contributed by atoms with Gasteiger partial charge in [0.2, 0.25) is 5.28 Å². The summed E-state index contributed by atoms with van der Waals surface area (Å²) in [7, 11) is 0. The van der Waals surface area contributed by atoms with Gasteiger partial charge in [0.15, 0.2) is 5.82 Å². The van der Waals surface area contributed by atoms with Crippen LogP contribution in [0.15, 0.2) is 23.1 Å². The maximum absolute atomic E-state index is 13.9. The fraction of sp³-hybridized carbons (Fsp3) is 0.167. The summed E-state index contributed by atoms with van der Waals surface area (Å²) >= 11 is 13.3. The Labute approximate surface area is 123 Å². The molecule has 0 fully saturated rings. The van der Waals surface area contributed by atoms with Gasteiger partial charge in [-0.2, -0.15) is 4.98 Å². The largest absolute Gasteiger partial charge is 0.337 e. The summed E-state index contributed by atoms with van der Waals surface area (Å²) in [6, 6.07) is 4.77. The molecule has 0 aliphatic carbocycles. The van der Waals surface area contributed by atoms with Gasteiger partial charge in [-0.3, -0.25) is 0 Å². The maximum atomic E-state index is 13.9. The lowest BCUT2D eigenvalue weighted by atomic mass is 10.3. The smallest absolute Gasteiger partial charge is 0.224 e. The Bertz CT molecular complexity index is 651. The first kappa shape index (κ1) is 13.0. The predicted octanol–water partition coefficient (Wildman–Crippen LogP) is 4.31.